The lowest BCUT2D eigenvalue weighted by atomic mass is 10.2. The Kier molecular flexibility index (Phi) is 3.57. The molecule has 104 valence electrons. The van der Waals surface area contributed by atoms with Gasteiger partial charge in [-0.2, -0.15) is 0 Å². The maximum atomic E-state index is 11.9. The van der Waals surface area contributed by atoms with Gasteiger partial charge in [0.2, 0.25) is 0 Å². The fraction of sp³-hybridized carbons (Fsp3) is 0. The molecule has 0 atom stereocenters. The molecule has 3 rings (SSSR count). The molecule has 0 aliphatic heterocycles. The van der Waals surface area contributed by atoms with Crippen LogP contribution in [0.2, 0.25) is 0 Å². The number of nitrogens with one attached hydrogen (secondary N) is 1. The van der Waals surface area contributed by atoms with Gasteiger partial charge >= 0.3 is 0 Å². The van der Waals surface area contributed by atoms with Crippen LogP contribution in [0.25, 0.3) is 11.4 Å². The average Bonchev–Trinajstić information content (AvgIpc) is 2.96. The predicted molar refractivity (Wildman–Crippen MR) is 81.9 cm³/mol. The number of hydrogen-bond donors (Lipinski definition) is 2. The molecule has 0 saturated carbocycles. The molecule has 0 spiro atoms. The number of thiazole rings is 1. The summed E-state index contributed by atoms with van der Waals surface area (Å²) in [7, 11) is 0. The van der Waals surface area contributed by atoms with Gasteiger partial charge in [0.1, 0.15) is 5.69 Å². The molecule has 2 heterocycles. The first-order valence-corrected chi connectivity index (χ1v) is 7.00. The normalized spacial score (nSPS) is 10.3. The number of nitrogens with zero attached hydrogens (tertiary/aromatic N) is 3. The van der Waals surface area contributed by atoms with Gasteiger partial charge in [-0.3, -0.25) is 4.79 Å². The molecule has 7 heteroatoms. The third kappa shape index (κ3) is 3.03. The molecule has 6 nitrogen and oxygen atoms in total. The third-order valence-electron chi connectivity index (χ3n) is 2.70. The van der Waals surface area contributed by atoms with Gasteiger partial charge in [0.15, 0.2) is 11.0 Å². The van der Waals surface area contributed by atoms with E-state index in [0.717, 1.165) is 5.56 Å². The van der Waals surface area contributed by atoms with E-state index >= 15 is 0 Å². The minimum atomic E-state index is -0.334. The SMILES string of the molecule is Nc1nc(C(=O)Nc2cnc(-c3ccccc3)nc2)cs1. The van der Waals surface area contributed by atoms with Crippen LogP contribution in [-0.4, -0.2) is 20.9 Å². The van der Waals surface area contributed by atoms with Gasteiger partial charge in [0.25, 0.3) is 5.91 Å². The Morgan fingerprint density at radius 1 is 1.14 bits per heavy atom. The first-order valence-electron chi connectivity index (χ1n) is 6.12. The van der Waals surface area contributed by atoms with Crippen molar-refractivity contribution < 1.29 is 4.79 Å². The first kappa shape index (κ1) is 13.2. The second-order valence-electron chi connectivity index (χ2n) is 4.19. The van der Waals surface area contributed by atoms with Crippen molar-refractivity contribution in [2.45, 2.75) is 0 Å². The van der Waals surface area contributed by atoms with Gasteiger partial charge in [-0.25, -0.2) is 15.0 Å². The molecule has 2 aromatic heterocycles. The van der Waals surface area contributed by atoms with E-state index in [-0.39, 0.29) is 11.6 Å². The van der Waals surface area contributed by atoms with Gasteiger partial charge in [-0.15, -0.1) is 11.3 Å². The number of anilines is 2. The highest BCUT2D eigenvalue weighted by Crippen LogP contribution is 2.16. The van der Waals surface area contributed by atoms with E-state index in [1.54, 1.807) is 17.8 Å². The van der Waals surface area contributed by atoms with Crippen molar-refractivity contribution in [2.75, 3.05) is 11.1 Å². The maximum absolute atomic E-state index is 11.9. The Morgan fingerprint density at radius 3 is 2.48 bits per heavy atom. The summed E-state index contributed by atoms with van der Waals surface area (Å²) < 4.78 is 0. The fourth-order valence-corrected chi connectivity index (χ4v) is 2.26. The second-order valence-corrected chi connectivity index (χ2v) is 5.08. The van der Waals surface area contributed by atoms with Crippen LogP contribution >= 0.6 is 11.3 Å². The molecule has 0 aliphatic rings. The molecule has 1 aromatic carbocycles. The number of carbonyl (C=O) groups excluding carboxylic acids is 1. The summed E-state index contributed by atoms with van der Waals surface area (Å²) in [6, 6.07) is 9.61. The monoisotopic (exact) mass is 297 g/mol. The minimum absolute atomic E-state index is 0.282. The van der Waals surface area contributed by atoms with E-state index in [1.165, 1.54) is 11.3 Å². The van der Waals surface area contributed by atoms with Gasteiger partial charge in [-0.05, 0) is 0 Å². The summed E-state index contributed by atoms with van der Waals surface area (Å²) >= 11 is 1.22. The molecule has 21 heavy (non-hydrogen) atoms. The van der Waals surface area contributed by atoms with Crippen LogP contribution in [0.1, 0.15) is 10.5 Å². The van der Waals surface area contributed by atoms with E-state index in [0.29, 0.717) is 16.6 Å². The van der Waals surface area contributed by atoms with Crippen LogP contribution < -0.4 is 11.1 Å². The molecule has 0 unspecified atom stereocenters. The number of rotatable bonds is 3. The van der Waals surface area contributed by atoms with E-state index in [4.69, 9.17) is 5.73 Å². The predicted octanol–water partition coefficient (Wildman–Crippen LogP) is 2.43. The van der Waals surface area contributed by atoms with Crippen molar-refractivity contribution in [1.29, 1.82) is 0 Å². The highest BCUT2D eigenvalue weighted by atomic mass is 32.1. The summed E-state index contributed by atoms with van der Waals surface area (Å²) in [4.78, 5) is 24.3. The van der Waals surface area contributed by atoms with Gasteiger partial charge in [0.05, 0.1) is 18.1 Å². The largest absolute Gasteiger partial charge is 0.375 e. The number of aromatic nitrogens is 3. The van der Waals surface area contributed by atoms with Crippen molar-refractivity contribution in [1.82, 2.24) is 15.0 Å². The number of hydrogen-bond acceptors (Lipinski definition) is 6. The summed E-state index contributed by atoms with van der Waals surface area (Å²) in [5.74, 6) is 0.269. The van der Waals surface area contributed by atoms with E-state index in [9.17, 15) is 4.79 Å². The van der Waals surface area contributed by atoms with Gasteiger partial charge in [0, 0.05) is 10.9 Å². The van der Waals surface area contributed by atoms with Crippen LogP contribution in [0.15, 0.2) is 48.1 Å². The van der Waals surface area contributed by atoms with Crippen LogP contribution in [0.5, 0.6) is 0 Å². The number of carbonyl (C=O) groups is 1. The number of nitrogen functional groups attached to an aromatic ring is 1. The summed E-state index contributed by atoms with van der Waals surface area (Å²) in [5, 5.41) is 4.63. The number of amides is 1. The van der Waals surface area contributed by atoms with Crippen molar-refractivity contribution in [3.63, 3.8) is 0 Å². The standard InChI is InChI=1S/C14H11N5OS/c15-14-19-11(8-21-14)13(20)18-10-6-16-12(17-7-10)9-4-2-1-3-5-9/h1-8H,(H2,15,19)(H,18,20). The molecule has 3 N–H and O–H groups in total. The molecular formula is C14H11N5OS. The molecule has 3 aromatic rings. The maximum Gasteiger partial charge on any atom is 0.275 e. The Balaban J connectivity index is 1.74. The van der Waals surface area contributed by atoms with E-state index in [1.807, 2.05) is 30.3 Å². The van der Waals surface area contributed by atoms with E-state index < -0.39 is 0 Å². The lowest BCUT2D eigenvalue weighted by Crippen LogP contribution is -2.13. The van der Waals surface area contributed by atoms with Crippen LogP contribution in [0.4, 0.5) is 10.8 Å². The Morgan fingerprint density at radius 2 is 1.86 bits per heavy atom. The zero-order chi connectivity index (χ0) is 14.7. The summed E-state index contributed by atoms with van der Waals surface area (Å²) in [6.07, 6.45) is 3.12. The highest BCUT2D eigenvalue weighted by molar-refractivity contribution is 7.13. The topological polar surface area (TPSA) is 93.8 Å². The van der Waals surface area contributed by atoms with Gasteiger partial charge < -0.3 is 11.1 Å². The first-order chi connectivity index (χ1) is 10.2. The molecule has 1 amide bonds. The fourth-order valence-electron chi connectivity index (χ4n) is 1.72. The Bertz CT molecular complexity index is 755. The van der Waals surface area contributed by atoms with Crippen LogP contribution in [-0.2, 0) is 0 Å². The number of nitrogens with two attached hydrogens (primary N) is 1. The Labute approximate surface area is 124 Å². The molecule has 0 bridgehead atoms. The average molecular weight is 297 g/mol. The van der Waals surface area contributed by atoms with Crippen molar-refractivity contribution >= 4 is 28.1 Å². The minimum Gasteiger partial charge on any atom is -0.375 e. The van der Waals surface area contributed by atoms with E-state index in [2.05, 4.69) is 20.3 Å². The molecule has 0 fully saturated rings. The van der Waals surface area contributed by atoms with Crippen LogP contribution in [0.3, 0.4) is 0 Å². The summed E-state index contributed by atoms with van der Waals surface area (Å²) in [6.45, 7) is 0. The molecule has 0 radical (unpaired) electrons. The number of benzene rings is 1. The van der Waals surface area contributed by atoms with Crippen molar-refractivity contribution in [3.8, 4) is 11.4 Å². The second kappa shape index (κ2) is 5.68. The third-order valence-corrected chi connectivity index (χ3v) is 3.37. The smallest absolute Gasteiger partial charge is 0.275 e. The van der Waals surface area contributed by atoms with Crippen LogP contribution in [0, 0.1) is 0 Å². The summed E-state index contributed by atoms with van der Waals surface area (Å²) in [5.41, 5.74) is 7.20. The zero-order valence-electron chi connectivity index (χ0n) is 10.9. The molecule has 0 aliphatic carbocycles. The van der Waals surface area contributed by atoms with Gasteiger partial charge in [-0.1, -0.05) is 30.3 Å². The molecule has 0 saturated heterocycles. The Hall–Kier alpha value is -2.80. The highest BCUT2D eigenvalue weighted by Gasteiger charge is 2.10. The van der Waals surface area contributed by atoms with Crippen molar-refractivity contribution in [3.05, 3.63) is 53.8 Å². The zero-order valence-corrected chi connectivity index (χ0v) is 11.7. The quantitative estimate of drug-likeness (QED) is 0.774. The molecular weight excluding hydrogens is 286 g/mol. The van der Waals surface area contributed by atoms with Crippen molar-refractivity contribution in [2.24, 2.45) is 0 Å². The lowest BCUT2D eigenvalue weighted by molar-refractivity contribution is 0.102. The lowest BCUT2D eigenvalue weighted by Gasteiger charge is -2.04.